The third-order valence-electron chi connectivity index (χ3n) is 4.65. The molecule has 2 aromatic heterocycles. The Kier molecular flexibility index (Phi) is 3.95. The van der Waals surface area contributed by atoms with Crippen LogP contribution in [0.1, 0.15) is 54.8 Å². The first-order chi connectivity index (χ1) is 10.7. The van der Waals surface area contributed by atoms with Crippen LogP contribution in [0.4, 0.5) is 0 Å². The van der Waals surface area contributed by atoms with Gasteiger partial charge in [0.25, 0.3) is 0 Å². The maximum Gasteiger partial charge on any atom is 0.146 e. The Labute approximate surface area is 138 Å². The van der Waals surface area contributed by atoms with Gasteiger partial charge in [0.2, 0.25) is 0 Å². The number of carbonyl (C=O) groups excluding carboxylic acids is 1. The predicted molar refractivity (Wildman–Crippen MR) is 91.9 cm³/mol. The zero-order chi connectivity index (χ0) is 15.1. The van der Waals surface area contributed by atoms with E-state index in [1.54, 1.807) is 11.8 Å². The summed E-state index contributed by atoms with van der Waals surface area (Å²) in [7, 11) is 0. The molecule has 1 fully saturated rings. The number of thioether (sulfide) groups is 1. The number of Topliss-reactive ketones (excluding diaryl/α,β-unsaturated/α-hetero) is 1. The third-order valence-corrected chi connectivity index (χ3v) is 7.13. The molecule has 2 heterocycles. The van der Waals surface area contributed by atoms with E-state index in [1.807, 2.05) is 18.3 Å². The van der Waals surface area contributed by atoms with E-state index < -0.39 is 0 Å². The lowest BCUT2D eigenvalue weighted by Crippen LogP contribution is -2.21. The van der Waals surface area contributed by atoms with E-state index in [9.17, 15) is 4.79 Å². The molecule has 0 N–H and O–H groups in total. The second-order valence-corrected chi connectivity index (χ2v) is 8.56. The second-order valence-electron chi connectivity index (χ2n) is 6.29. The topological polar surface area (TPSA) is 42.9 Å². The molecule has 1 atom stereocenters. The third kappa shape index (κ3) is 2.58. The van der Waals surface area contributed by atoms with E-state index in [4.69, 9.17) is 4.98 Å². The lowest BCUT2D eigenvalue weighted by atomic mass is 9.97. The Hall–Kier alpha value is -0.940. The van der Waals surface area contributed by atoms with Crippen molar-refractivity contribution in [1.29, 1.82) is 0 Å². The molecule has 1 saturated carbocycles. The molecule has 0 bridgehead atoms. The molecule has 0 saturated heterocycles. The maximum atomic E-state index is 12.2. The maximum absolute atomic E-state index is 12.2. The molecular formula is C17H20N2OS2. The fraction of sp³-hybridized carbons (Fsp3) is 0.588. The normalized spacial score (nSPS) is 22.0. The van der Waals surface area contributed by atoms with Crippen LogP contribution in [0.5, 0.6) is 0 Å². The van der Waals surface area contributed by atoms with Crippen LogP contribution in [0.15, 0.2) is 5.03 Å². The highest BCUT2D eigenvalue weighted by atomic mass is 32.2. The zero-order valence-electron chi connectivity index (χ0n) is 12.9. The highest BCUT2D eigenvalue weighted by Crippen LogP contribution is 2.41. The average Bonchev–Trinajstić information content (AvgIpc) is 2.87. The number of hydrogen-bond donors (Lipinski definition) is 0. The van der Waals surface area contributed by atoms with Gasteiger partial charge in [-0.2, -0.15) is 0 Å². The highest BCUT2D eigenvalue weighted by molar-refractivity contribution is 8.00. The van der Waals surface area contributed by atoms with E-state index in [1.165, 1.54) is 41.5 Å². The Morgan fingerprint density at radius 1 is 1.09 bits per heavy atom. The summed E-state index contributed by atoms with van der Waals surface area (Å²) in [5, 5.41) is 2.42. The van der Waals surface area contributed by atoms with Gasteiger partial charge < -0.3 is 0 Å². The minimum atomic E-state index is 0.102. The summed E-state index contributed by atoms with van der Waals surface area (Å²) in [6, 6.07) is 0. The van der Waals surface area contributed by atoms with E-state index in [-0.39, 0.29) is 5.25 Å². The number of fused-ring (bicyclic) bond motifs is 3. The van der Waals surface area contributed by atoms with Crippen LogP contribution < -0.4 is 0 Å². The van der Waals surface area contributed by atoms with Gasteiger partial charge >= 0.3 is 0 Å². The number of aromatic nitrogens is 2. The van der Waals surface area contributed by atoms with Crippen LogP contribution in [0.2, 0.25) is 0 Å². The first-order valence-electron chi connectivity index (χ1n) is 8.20. The van der Waals surface area contributed by atoms with Crippen molar-refractivity contribution < 1.29 is 4.79 Å². The van der Waals surface area contributed by atoms with E-state index in [2.05, 4.69) is 4.98 Å². The molecule has 2 aliphatic carbocycles. The Morgan fingerprint density at radius 3 is 2.77 bits per heavy atom. The largest absolute Gasteiger partial charge is 0.298 e. The Balaban J connectivity index is 1.78. The highest BCUT2D eigenvalue weighted by Gasteiger charge is 2.27. The molecule has 4 rings (SSSR count). The van der Waals surface area contributed by atoms with Gasteiger partial charge in [0.15, 0.2) is 0 Å². The van der Waals surface area contributed by atoms with Gasteiger partial charge in [-0.05, 0) is 51.0 Å². The molecule has 116 valence electrons. The van der Waals surface area contributed by atoms with Crippen molar-refractivity contribution >= 4 is 39.1 Å². The lowest BCUT2D eigenvalue weighted by molar-refractivity contribution is -0.119. The Bertz CT molecular complexity index is 738. The van der Waals surface area contributed by atoms with Crippen molar-refractivity contribution in [3.8, 4) is 0 Å². The molecule has 0 unspecified atom stereocenters. The van der Waals surface area contributed by atoms with E-state index in [0.717, 1.165) is 41.4 Å². The van der Waals surface area contributed by atoms with Crippen LogP contribution in [0.3, 0.4) is 0 Å². The average molecular weight is 332 g/mol. The molecule has 0 amide bonds. The number of carbonyl (C=O) groups is 1. The SMILES string of the molecule is Cc1nc(S[C@H]2CCCCC2=O)c2c3c(sc2n1)CCCC3. The summed E-state index contributed by atoms with van der Waals surface area (Å²) in [6.45, 7) is 1.96. The van der Waals surface area contributed by atoms with Crippen molar-refractivity contribution in [2.24, 2.45) is 0 Å². The summed E-state index contributed by atoms with van der Waals surface area (Å²) < 4.78 is 0. The molecular weight excluding hydrogens is 312 g/mol. The molecule has 0 aromatic carbocycles. The molecule has 0 radical (unpaired) electrons. The van der Waals surface area contributed by atoms with Crippen molar-refractivity contribution in [2.75, 3.05) is 0 Å². The zero-order valence-corrected chi connectivity index (χ0v) is 14.5. The van der Waals surface area contributed by atoms with E-state index in [0.29, 0.717) is 5.78 Å². The van der Waals surface area contributed by atoms with Crippen molar-refractivity contribution in [1.82, 2.24) is 9.97 Å². The smallest absolute Gasteiger partial charge is 0.146 e. The van der Waals surface area contributed by atoms with Crippen LogP contribution in [-0.2, 0) is 17.6 Å². The summed E-state index contributed by atoms with van der Waals surface area (Å²) in [6.07, 6.45) is 8.85. The summed E-state index contributed by atoms with van der Waals surface area (Å²) in [5.41, 5.74) is 1.47. The number of aryl methyl sites for hydroxylation is 3. The molecule has 5 heteroatoms. The first kappa shape index (κ1) is 14.6. The number of ketones is 1. The van der Waals surface area contributed by atoms with Crippen molar-refractivity contribution in [3.05, 3.63) is 16.3 Å². The molecule has 0 spiro atoms. The summed E-state index contributed by atoms with van der Waals surface area (Å²) in [4.78, 5) is 24.2. The molecule has 3 nitrogen and oxygen atoms in total. The van der Waals surface area contributed by atoms with E-state index >= 15 is 0 Å². The minimum absolute atomic E-state index is 0.102. The van der Waals surface area contributed by atoms with Gasteiger partial charge in [-0.15, -0.1) is 11.3 Å². The number of hydrogen-bond acceptors (Lipinski definition) is 5. The summed E-state index contributed by atoms with van der Waals surface area (Å²) in [5.74, 6) is 1.24. The first-order valence-corrected chi connectivity index (χ1v) is 9.90. The monoisotopic (exact) mass is 332 g/mol. The van der Waals surface area contributed by atoms with Crippen molar-refractivity contribution in [3.63, 3.8) is 0 Å². The van der Waals surface area contributed by atoms with Crippen LogP contribution in [0, 0.1) is 6.92 Å². The van der Waals surface area contributed by atoms with Gasteiger partial charge in [0.05, 0.1) is 5.25 Å². The standard InChI is InChI=1S/C17H20N2OS2/c1-10-18-16-15(11-6-2-4-8-13(11)21-16)17(19-10)22-14-9-5-3-7-12(14)20/h14H,2-9H2,1H3/t14-/m0/s1. The summed E-state index contributed by atoms with van der Waals surface area (Å²) >= 11 is 3.54. The number of rotatable bonds is 2. The number of thiophene rings is 1. The fourth-order valence-electron chi connectivity index (χ4n) is 3.52. The van der Waals surface area contributed by atoms with Gasteiger partial charge in [-0.25, -0.2) is 9.97 Å². The van der Waals surface area contributed by atoms with Crippen LogP contribution in [-0.4, -0.2) is 21.0 Å². The fourth-order valence-corrected chi connectivity index (χ4v) is 6.22. The second kappa shape index (κ2) is 5.93. The molecule has 2 aromatic rings. The van der Waals surface area contributed by atoms with Crippen LogP contribution in [0.25, 0.3) is 10.2 Å². The van der Waals surface area contributed by atoms with Crippen LogP contribution >= 0.6 is 23.1 Å². The molecule has 2 aliphatic rings. The molecule has 0 aliphatic heterocycles. The lowest BCUT2D eigenvalue weighted by Gasteiger charge is -2.20. The minimum Gasteiger partial charge on any atom is -0.298 e. The number of nitrogens with zero attached hydrogens (tertiary/aromatic N) is 2. The quantitative estimate of drug-likeness (QED) is 0.760. The van der Waals surface area contributed by atoms with Gasteiger partial charge in [-0.1, -0.05) is 18.2 Å². The molecule has 22 heavy (non-hydrogen) atoms. The van der Waals surface area contributed by atoms with Crippen molar-refractivity contribution in [2.45, 2.75) is 68.6 Å². The Morgan fingerprint density at radius 2 is 1.91 bits per heavy atom. The van der Waals surface area contributed by atoms with Gasteiger partial charge in [0, 0.05) is 16.7 Å². The van der Waals surface area contributed by atoms with Gasteiger partial charge in [-0.3, -0.25) is 4.79 Å². The van der Waals surface area contributed by atoms with Gasteiger partial charge in [0.1, 0.15) is 21.5 Å². The predicted octanol–water partition coefficient (Wildman–Crippen LogP) is 4.48.